The van der Waals surface area contributed by atoms with E-state index in [9.17, 15) is 37.1 Å². The highest BCUT2D eigenvalue weighted by Crippen LogP contribution is 2.41. The first-order chi connectivity index (χ1) is 23.8. The first kappa shape index (κ1) is 39.2. The number of hydrogen-bond acceptors (Lipinski definition) is 12. The summed E-state index contributed by atoms with van der Waals surface area (Å²) in [6, 6.07) is 7.10. The zero-order chi connectivity index (χ0) is 37.9. The molecule has 0 aliphatic carbocycles. The second-order valence-electron chi connectivity index (χ2n) is 11.5. The van der Waals surface area contributed by atoms with Crippen molar-refractivity contribution >= 4 is 64.0 Å². The minimum atomic E-state index is -4.98. The molecule has 1 saturated heterocycles. The van der Waals surface area contributed by atoms with Gasteiger partial charge >= 0.3 is 36.0 Å². The van der Waals surface area contributed by atoms with Gasteiger partial charge < -0.3 is 33.3 Å². The Morgan fingerprint density at radius 1 is 0.843 bits per heavy atom. The molecule has 5 atom stereocenters. The summed E-state index contributed by atoms with van der Waals surface area (Å²) in [5.74, 6) is -4.70. The Hall–Kier alpha value is -4.54. The average Bonchev–Trinajstić information content (AvgIpc) is 3.35. The summed E-state index contributed by atoms with van der Waals surface area (Å²) in [5, 5.41) is -0.291. The van der Waals surface area contributed by atoms with E-state index in [-0.39, 0.29) is 26.7 Å². The first-order valence-electron chi connectivity index (χ1n) is 15.2. The van der Waals surface area contributed by atoms with Crippen LogP contribution in [-0.4, -0.2) is 78.0 Å². The van der Waals surface area contributed by atoms with Gasteiger partial charge in [0.15, 0.2) is 17.9 Å². The van der Waals surface area contributed by atoms with Crippen molar-refractivity contribution in [3.63, 3.8) is 0 Å². The predicted octanol–water partition coefficient (Wildman–Crippen LogP) is 5.71. The molecule has 4 rings (SSSR count). The van der Waals surface area contributed by atoms with Crippen molar-refractivity contribution in [1.82, 2.24) is 4.73 Å². The van der Waals surface area contributed by atoms with Crippen molar-refractivity contribution in [3.8, 4) is 11.1 Å². The van der Waals surface area contributed by atoms with Gasteiger partial charge in [0, 0.05) is 48.7 Å². The maximum absolute atomic E-state index is 14.7. The normalized spacial score (nSPS) is 20.4. The van der Waals surface area contributed by atoms with Crippen LogP contribution in [0.2, 0.25) is 10.0 Å². The van der Waals surface area contributed by atoms with Crippen molar-refractivity contribution in [1.29, 1.82) is 0 Å². The third-order valence-corrected chi connectivity index (χ3v) is 7.68. The molecule has 0 saturated carbocycles. The largest absolute Gasteiger partial charge is 0.463 e. The highest BCUT2D eigenvalue weighted by atomic mass is 35.5. The van der Waals surface area contributed by atoms with Crippen LogP contribution < -0.4 is 4.84 Å². The number of aromatic nitrogens is 1. The van der Waals surface area contributed by atoms with E-state index in [2.05, 4.69) is 0 Å². The Kier molecular flexibility index (Phi) is 12.1. The van der Waals surface area contributed by atoms with Gasteiger partial charge in [-0.3, -0.25) is 19.2 Å². The maximum Gasteiger partial charge on any atom is 0.417 e. The van der Waals surface area contributed by atoms with Crippen molar-refractivity contribution in [2.24, 2.45) is 0 Å². The van der Waals surface area contributed by atoms with E-state index in [0.717, 1.165) is 39.8 Å². The van der Waals surface area contributed by atoms with Crippen LogP contribution in [0.5, 0.6) is 0 Å². The summed E-state index contributed by atoms with van der Waals surface area (Å²) >= 11 is 12.4. The molecule has 1 aliphatic heterocycles. The standard InChI is InChI=1S/C33H32Cl2F3NO12/c1-14(2)46-31(44)26-12-22-23(33(36,37)38)9-19(21-8-7-20(34)11-24(21)35)10-25(22)39(26)51-32-30(49-18(6)43)29(48-17(5)42)28(47-16(4)41)27(50-32)13-45-15(3)40/h7-12,14,27-30,32H,13H2,1-6H3/t27-,28-,29+,30-,32+/m1/s1. The number of fused-ring (bicyclic) bond motifs is 1. The fourth-order valence-electron chi connectivity index (χ4n) is 5.30. The number of nitrogens with zero attached hydrogens (tertiary/aromatic N) is 1. The predicted molar refractivity (Wildman–Crippen MR) is 171 cm³/mol. The summed E-state index contributed by atoms with van der Waals surface area (Å²) in [6.07, 6.45) is -14.1. The number of alkyl halides is 3. The molecule has 3 aromatic rings. The van der Waals surface area contributed by atoms with Crippen LogP contribution in [0.3, 0.4) is 0 Å². The van der Waals surface area contributed by atoms with Gasteiger partial charge in [-0.1, -0.05) is 29.3 Å². The molecule has 2 heterocycles. The van der Waals surface area contributed by atoms with Crippen molar-refractivity contribution in [2.75, 3.05) is 6.61 Å². The molecule has 1 fully saturated rings. The zero-order valence-corrected chi connectivity index (χ0v) is 29.4. The van der Waals surface area contributed by atoms with Crippen LogP contribution in [0, 0.1) is 0 Å². The molecule has 0 radical (unpaired) electrons. The van der Waals surface area contributed by atoms with Crippen LogP contribution in [0.25, 0.3) is 22.0 Å². The van der Waals surface area contributed by atoms with Crippen molar-refractivity contribution in [3.05, 3.63) is 57.7 Å². The number of rotatable bonds is 10. The maximum atomic E-state index is 14.7. The molecule has 0 amide bonds. The monoisotopic (exact) mass is 761 g/mol. The van der Waals surface area contributed by atoms with E-state index in [1.54, 1.807) is 0 Å². The molecular weight excluding hydrogens is 730 g/mol. The molecule has 0 N–H and O–H groups in total. The number of ether oxygens (including phenoxy) is 6. The number of hydrogen-bond donors (Lipinski definition) is 0. The van der Waals surface area contributed by atoms with Gasteiger partial charge in [-0.15, -0.1) is 0 Å². The SMILES string of the molecule is CC(=O)OC[C@H]1O[C@@H](On2c(C(=O)OC(C)C)cc3c(C(F)(F)F)cc(-c4ccc(Cl)cc4Cl)cc32)[C@H](OC(C)=O)[C@@H](OC(C)=O)[C@@H]1OC(C)=O. The third kappa shape index (κ3) is 9.42. The molecule has 0 unspecified atom stereocenters. The van der Waals surface area contributed by atoms with Crippen molar-refractivity contribution in [2.45, 2.75) is 84.5 Å². The van der Waals surface area contributed by atoms with Gasteiger partial charge in [-0.2, -0.15) is 17.9 Å². The fourth-order valence-corrected chi connectivity index (χ4v) is 5.82. The zero-order valence-electron chi connectivity index (χ0n) is 27.9. The number of benzene rings is 2. The van der Waals surface area contributed by atoms with E-state index < -0.39 is 96.1 Å². The Balaban J connectivity index is 2.01. The summed E-state index contributed by atoms with van der Waals surface area (Å²) < 4.78 is 77.3. The van der Waals surface area contributed by atoms with Gasteiger partial charge in [0.05, 0.1) is 17.2 Å². The van der Waals surface area contributed by atoms with Gasteiger partial charge in [0.1, 0.15) is 12.7 Å². The molecule has 2 aromatic carbocycles. The van der Waals surface area contributed by atoms with Crippen LogP contribution in [0.4, 0.5) is 13.2 Å². The molecule has 13 nitrogen and oxygen atoms in total. The lowest BCUT2D eigenvalue weighted by molar-refractivity contribution is -0.306. The molecule has 51 heavy (non-hydrogen) atoms. The molecule has 18 heteroatoms. The number of esters is 5. The topological polar surface area (TPSA) is 155 Å². The second kappa shape index (κ2) is 15.8. The summed E-state index contributed by atoms with van der Waals surface area (Å²) in [7, 11) is 0. The first-order valence-corrected chi connectivity index (χ1v) is 15.9. The summed E-state index contributed by atoms with van der Waals surface area (Å²) in [5.41, 5.74) is -2.03. The Morgan fingerprint density at radius 3 is 2.00 bits per heavy atom. The molecule has 276 valence electrons. The fraction of sp³-hybridized carbons (Fsp3) is 0.424. The lowest BCUT2D eigenvalue weighted by Crippen LogP contribution is -2.64. The van der Waals surface area contributed by atoms with E-state index in [1.807, 2.05) is 0 Å². The Morgan fingerprint density at radius 2 is 1.45 bits per heavy atom. The Bertz CT molecular complexity index is 1840. The number of carbonyl (C=O) groups excluding carboxylic acids is 5. The second-order valence-corrected chi connectivity index (χ2v) is 12.4. The third-order valence-electron chi connectivity index (χ3n) is 7.13. The summed E-state index contributed by atoms with van der Waals surface area (Å²) in [6.45, 7) is 6.48. The highest BCUT2D eigenvalue weighted by Gasteiger charge is 2.54. The number of carbonyl (C=O) groups is 5. The Labute approximate surface area is 298 Å². The molecular formula is C33H32Cl2F3NO12. The van der Waals surface area contributed by atoms with E-state index in [0.29, 0.717) is 4.73 Å². The van der Waals surface area contributed by atoms with E-state index >= 15 is 0 Å². The van der Waals surface area contributed by atoms with Crippen LogP contribution in [0.15, 0.2) is 36.4 Å². The quantitative estimate of drug-likeness (QED) is 0.184. The van der Waals surface area contributed by atoms with Gasteiger partial charge in [-0.05, 0) is 49.7 Å². The van der Waals surface area contributed by atoms with Crippen LogP contribution in [0.1, 0.15) is 57.6 Å². The molecule has 1 aliphatic rings. The summed E-state index contributed by atoms with van der Waals surface area (Å²) in [4.78, 5) is 68.0. The lowest BCUT2D eigenvalue weighted by atomic mass is 9.98. The van der Waals surface area contributed by atoms with E-state index in [1.165, 1.54) is 38.1 Å². The molecule has 0 bridgehead atoms. The number of halogens is 5. The minimum absolute atomic E-state index is 0.00743. The van der Waals surface area contributed by atoms with Gasteiger partial charge in [-0.25, -0.2) is 4.79 Å². The van der Waals surface area contributed by atoms with E-state index in [4.69, 9.17) is 56.5 Å². The average molecular weight is 763 g/mol. The van der Waals surface area contributed by atoms with Gasteiger partial charge in [0.2, 0.25) is 6.10 Å². The minimum Gasteiger partial charge on any atom is -0.463 e. The lowest BCUT2D eigenvalue weighted by Gasteiger charge is -2.43. The van der Waals surface area contributed by atoms with Gasteiger partial charge in [0.25, 0.3) is 6.29 Å². The van der Waals surface area contributed by atoms with Crippen LogP contribution >= 0.6 is 23.2 Å². The highest BCUT2D eigenvalue weighted by molar-refractivity contribution is 6.36. The smallest absolute Gasteiger partial charge is 0.417 e. The molecule has 0 spiro atoms. The van der Waals surface area contributed by atoms with Crippen LogP contribution in [-0.2, 0) is 53.8 Å². The molecule has 1 aromatic heterocycles. The van der Waals surface area contributed by atoms with Crippen molar-refractivity contribution < 1.29 is 70.4 Å².